The summed E-state index contributed by atoms with van der Waals surface area (Å²) in [5.74, 6) is 0. The summed E-state index contributed by atoms with van der Waals surface area (Å²) >= 11 is 12.2. The van der Waals surface area contributed by atoms with Crippen LogP contribution in [0.25, 0.3) is 0 Å². The van der Waals surface area contributed by atoms with E-state index in [-0.39, 0.29) is 12.1 Å². The predicted molar refractivity (Wildman–Crippen MR) is 79.8 cm³/mol. The number of hydrogen-bond donors (Lipinski definition) is 1. The van der Waals surface area contributed by atoms with E-state index in [1.165, 1.54) is 0 Å². The van der Waals surface area contributed by atoms with Crippen molar-refractivity contribution in [1.82, 2.24) is 4.90 Å². The Morgan fingerprint density at radius 1 is 1.37 bits per heavy atom. The average molecular weight is 303 g/mol. The Kier molecular flexibility index (Phi) is 5.09. The average Bonchev–Trinajstić information content (AvgIpc) is 2.41. The molecule has 5 heteroatoms. The lowest BCUT2D eigenvalue weighted by Gasteiger charge is -2.38. The van der Waals surface area contributed by atoms with Gasteiger partial charge < -0.3 is 10.5 Å². The van der Waals surface area contributed by atoms with Gasteiger partial charge in [0.05, 0.1) is 18.8 Å². The Labute approximate surface area is 124 Å². The molecule has 0 amide bonds. The summed E-state index contributed by atoms with van der Waals surface area (Å²) in [6, 6.07) is 5.61. The summed E-state index contributed by atoms with van der Waals surface area (Å²) in [7, 11) is 0. The van der Waals surface area contributed by atoms with Gasteiger partial charge in [-0.3, -0.25) is 4.90 Å². The monoisotopic (exact) mass is 302 g/mol. The van der Waals surface area contributed by atoms with Crippen LogP contribution in [0.3, 0.4) is 0 Å². The zero-order valence-corrected chi connectivity index (χ0v) is 12.8. The van der Waals surface area contributed by atoms with E-state index in [4.69, 9.17) is 33.7 Å². The van der Waals surface area contributed by atoms with Crippen LogP contribution in [0.15, 0.2) is 18.2 Å². The SMILES string of the molecule is CC(C)N1CCOC(C(N)c2cc(Cl)ccc2Cl)C1. The Morgan fingerprint density at radius 3 is 2.79 bits per heavy atom. The molecule has 2 rings (SSSR count). The van der Waals surface area contributed by atoms with Crippen LogP contribution in [0.2, 0.25) is 10.0 Å². The molecular formula is C14H20Cl2N2O. The van der Waals surface area contributed by atoms with Crippen LogP contribution in [0.1, 0.15) is 25.5 Å². The van der Waals surface area contributed by atoms with Crippen molar-refractivity contribution in [3.05, 3.63) is 33.8 Å². The number of hydrogen-bond acceptors (Lipinski definition) is 3. The molecule has 1 fully saturated rings. The van der Waals surface area contributed by atoms with Crippen molar-refractivity contribution in [3.8, 4) is 0 Å². The van der Waals surface area contributed by atoms with Gasteiger partial charge in [0.15, 0.2) is 0 Å². The summed E-state index contributed by atoms with van der Waals surface area (Å²) in [6.07, 6.45) is -0.0490. The smallest absolute Gasteiger partial charge is 0.0895 e. The van der Waals surface area contributed by atoms with E-state index in [1.54, 1.807) is 12.1 Å². The molecule has 1 aromatic carbocycles. The topological polar surface area (TPSA) is 38.5 Å². The van der Waals surface area contributed by atoms with Gasteiger partial charge in [0, 0.05) is 29.2 Å². The highest BCUT2D eigenvalue weighted by molar-refractivity contribution is 6.33. The molecular weight excluding hydrogens is 283 g/mol. The van der Waals surface area contributed by atoms with E-state index >= 15 is 0 Å². The van der Waals surface area contributed by atoms with Crippen LogP contribution in [0.4, 0.5) is 0 Å². The standard InChI is InChI=1S/C14H20Cl2N2O/c1-9(2)18-5-6-19-13(8-18)14(17)11-7-10(15)3-4-12(11)16/h3-4,7,9,13-14H,5-6,8,17H2,1-2H3. The van der Waals surface area contributed by atoms with Crippen molar-refractivity contribution < 1.29 is 4.74 Å². The zero-order valence-electron chi connectivity index (χ0n) is 11.3. The third kappa shape index (κ3) is 3.61. The highest BCUT2D eigenvalue weighted by atomic mass is 35.5. The van der Waals surface area contributed by atoms with Gasteiger partial charge in [-0.2, -0.15) is 0 Å². The molecule has 3 nitrogen and oxygen atoms in total. The zero-order chi connectivity index (χ0) is 14.0. The minimum Gasteiger partial charge on any atom is -0.374 e. The molecule has 1 aromatic rings. The first-order valence-corrected chi connectivity index (χ1v) is 7.31. The fourth-order valence-electron chi connectivity index (χ4n) is 2.35. The number of ether oxygens (including phenoxy) is 1. The summed E-state index contributed by atoms with van der Waals surface area (Å²) in [5, 5.41) is 1.29. The lowest BCUT2D eigenvalue weighted by atomic mass is 10.0. The van der Waals surface area contributed by atoms with Crippen molar-refractivity contribution in [2.75, 3.05) is 19.7 Å². The van der Waals surface area contributed by atoms with Crippen molar-refractivity contribution >= 4 is 23.2 Å². The van der Waals surface area contributed by atoms with Gasteiger partial charge >= 0.3 is 0 Å². The Hall–Kier alpha value is -0.320. The fourth-order valence-corrected chi connectivity index (χ4v) is 2.78. The van der Waals surface area contributed by atoms with E-state index in [0.717, 1.165) is 18.7 Å². The molecule has 106 valence electrons. The van der Waals surface area contributed by atoms with E-state index < -0.39 is 0 Å². The second-order valence-corrected chi connectivity index (χ2v) is 6.03. The molecule has 1 heterocycles. The minimum atomic E-state index is -0.257. The van der Waals surface area contributed by atoms with Gasteiger partial charge in [-0.1, -0.05) is 23.2 Å². The second-order valence-electron chi connectivity index (χ2n) is 5.19. The van der Waals surface area contributed by atoms with Gasteiger partial charge in [0.2, 0.25) is 0 Å². The van der Waals surface area contributed by atoms with Gasteiger partial charge in [-0.25, -0.2) is 0 Å². The lowest BCUT2D eigenvalue weighted by Crippen LogP contribution is -2.49. The van der Waals surface area contributed by atoms with Gasteiger partial charge in [0.25, 0.3) is 0 Å². The maximum Gasteiger partial charge on any atom is 0.0895 e. The number of benzene rings is 1. The maximum absolute atomic E-state index is 6.31. The maximum atomic E-state index is 6.31. The normalized spacial score (nSPS) is 22.7. The van der Waals surface area contributed by atoms with Crippen LogP contribution in [0, 0.1) is 0 Å². The number of rotatable bonds is 3. The molecule has 1 aliphatic rings. The first-order valence-electron chi connectivity index (χ1n) is 6.55. The van der Waals surface area contributed by atoms with Crippen molar-refractivity contribution in [3.63, 3.8) is 0 Å². The second kappa shape index (κ2) is 6.42. The van der Waals surface area contributed by atoms with Gasteiger partial charge in [-0.05, 0) is 37.6 Å². The summed E-state index contributed by atoms with van der Waals surface area (Å²) < 4.78 is 5.80. The molecule has 0 saturated carbocycles. The van der Waals surface area contributed by atoms with Crippen LogP contribution in [0.5, 0.6) is 0 Å². The summed E-state index contributed by atoms with van der Waals surface area (Å²) in [5.41, 5.74) is 7.16. The molecule has 2 unspecified atom stereocenters. The van der Waals surface area contributed by atoms with Gasteiger partial charge in [0.1, 0.15) is 0 Å². The number of halogens is 2. The largest absolute Gasteiger partial charge is 0.374 e. The third-order valence-corrected chi connectivity index (χ3v) is 4.15. The quantitative estimate of drug-likeness (QED) is 0.932. The molecule has 1 saturated heterocycles. The van der Waals surface area contributed by atoms with Crippen molar-refractivity contribution in [2.45, 2.75) is 32.0 Å². The molecule has 2 N–H and O–H groups in total. The van der Waals surface area contributed by atoms with Crippen LogP contribution >= 0.6 is 23.2 Å². The van der Waals surface area contributed by atoms with Gasteiger partial charge in [-0.15, -0.1) is 0 Å². The van der Waals surface area contributed by atoms with E-state index in [1.807, 2.05) is 6.07 Å². The number of nitrogens with two attached hydrogens (primary N) is 1. The molecule has 0 aliphatic carbocycles. The fraction of sp³-hybridized carbons (Fsp3) is 0.571. The first kappa shape index (κ1) is 15.1. The first-order chi connectivity index (χ1) is 8.99. The van der Waals surface area contributed by atoms with E-state index in [9.17, 15) is 0 Å². The molecule has 0 bridgehead atoms. The van der Waals surface area contributed by atoms with E-state index in [0.29, 0.717) is 22.7 Å². The predicted octanol–water partition coefficient (Wildman–Crippen LogP) is 3.10. The van der Waals surface area contributed by atoms with Crippen molar-refractivity contribution in [1.29, 1.82) is 0 Å². The summed E-state index contributed by atoms with van der Waals surface area (Å²) in [6.45, 7) is 6.83. The molecule has 2 atom stereocenters. The molecule has 19 heavy (non-hydrogen) atoms. The van der Waals surface area contributed by atoms with Crippen LogP contribution in [-0.2, 0) is 4.74 Å². The number of nitrogens with zero attached hydrogens (tertiary/aromatic N) is 1. The Balaban J connectivity index is 2.14. The lowest BCUT2D eigenvalue weighted by molar-refractivity contribution is -0.0502. The highest BCUT2D eigenvalue weighted by Gasteiger charge is 2.29. The Bertz CT molecular complexity index is 439. The molecule has 0 spiro atoms. The minimum absolute atomic E-state index is 0.0490. The molecule has 0 radical (unpaired) electrons. The van der Waals surface area contributed by atoms with Crippen LogP contribution < -0.4 is 5.73 Å². The van der Waals surface area contributed by atoms with E-state index in [2.05, 4.69) is 18.7 Å². The van der Waals surface area contributed by atoms with Crippen LogP contribution in [-0.4, -0.2) is 36.7 Å². The molecule has 0 aromatic heterocycles. The third-order valence-electron chi connectivity index (χ3n) is 3.57. The Morgan fingerprint density at radius 2 is 2.11 bits per heavy atom. The molecule has 1 aliphatic heterocycles. The highest BCUT2D eigenvalue weighted by Crippen LogP contribution is 2.29. The van der Waals surface area contributed by atoms with Crippen molar-refractivity contribution in [2.24, 2.45) is 5.73 Å². The number of morpholine rings is 1. The summed E-state index contributed by atoms with van der Waals surface area (Å²) in [4.78, 5) is 2.37.